The molecule has 1 aliphatic heterocycles. The lowest BCUT2D eigenvalue weighted by atomic mass is 9.78. The summed E-state index contributed by atoms with van der Waals surface area (Å²) in [6.45, 7) is 2.20. The predicted molar refractivity (Wildman–Crippen MR) is 102 cm³/mol. The molecule has 0 bridgehead atoms. The zero-order valence-electron chi connectivity index (χ0n) is 15.2. The summed E-state index contributed by atoms with van der Waals surface area (Å²) in [5.41, 5.74) is 1.29. The molecule has 1 saturated carbocycles. The Morgan fingerprint density at radius 2 is 1.88 bits per heavy atom. The summed E-state index contributed by atoms with van der Waals surface area (Å²) in [6, 6.07) is 11.4. The van der Waals surface area contributed by atoms with Crippen LogP contribution in [0.2, 0.25) is 0 Å². The highest BCUT2D eigenvalue weighted by Gasteiger charge is 2.36. The van der Waals surface area contributed by atoms with E-state index in [1.807, 2.05) is 0 Å². The third-order valence-corrected chi connectivity index (χ3v) is 6.68. The molecular formula is C20H29N4S+. The molecule has 4 rings (SSSR count). The van der Waals surface area contributed by atoms with E-state index in [9.17, 15) is 0 Å². The minimum Gasteiger partial charge on any atom is -0.314 e. The van der Waals surface area contributed by atoms with E-state index in [4.69, 9.17) is 17.3 Å². The molecule has 0 amide bonds. The van der Waals surface area contributed by atoms with Gasteiger partial charge in [0.05, 0.1) is 12.6 Å². The second-order valence-corrected chi connectivity index (χ2v) is 8.14. The van der Waals surface area contributed by atoms with Crippen LogP contribution < -0.4 is 4.90 Å². The van der Waals surface area contributed by atoms with Gasteiger partial charge in [0.15, 0.2) is 6.67 Å². The summed E-state index contributed by atoms with van der Waals surface area (Å²) in [5.74, 6) is 1.99. The Morgan fingerprint density at radius 3 is 2.72 bits per heavy atom. The fraction of sp³-hybridized carbons (Fsp3) is 0.600. The number of rotatable bonds is 4. The molecule has 3 atom stereocenters. The summed E-state index contributed by atoms with van der Waals surface area (Å²) in [7, 11) is 2.05. The van der Waals surface area contributed by atoms with Crippen LogP contribution in [0.25, 0.3) is 0 Å². The number of benzene rings is 1. The fourth-order valence-corrected chi connectivity index (χ4v) is 5.03. The van der Waals surface area contributed by atoms with E-state index in [-0.39, 0.29) is 0 Å². The smallest absolute Gasteiger partial charge is 0.202 e. The third-order valence-electron chi connectivity index (χ3n) is 6.20. The molecule has 5 heteroatoms. The Balaban J connectivity index is 1.52. The Bertz CT molecular complexity index is 762. The van der Waals surface area contributed by atoms with Gasteiger partial charge in [-0.3, -0.25) is 0 Å². The maximum atomic E-state index is 5.70. The summed E-state index contributed by atoms with van der Waals surface area (Å²) >= 11 is 5.70. The third kappa shape index (κ3) is 3.58. The van der Waals surface area contributed by atoms with Crippen molar-refractivity contribution in [3.8, 4) is 0 Å². The molecule has 134 valence electrons. The van der Waals surface area contributed by atoms with E-state index < -0.39 is 0 Å². The second-order valence-electron chi connectivity index (χ2n) is 7.78. The molecule has 2 aromatic rings. The van der Waals surface area contributed by atoms with Crippen molar-refractivity contribution in [2.75, 3.05) is 6.54 Å². The zero-order valence-corrected chi connectivity index (χ0v) is 16.0. The second kappa shape index (κ2) is 7.42. The Hall–Kier alpha value is -1.46. The van der Waals surface area contributed by atoms with E-state index in [2.05, 4.69) is 46.6 Å². The zero-order chi connectivity index (χ0) is 17.2. The Morgan fingerprint density at radius 1 is 1.12 bits per heavy atom. The minimum atomic E-state index is 0.823. The molecule has 1 N–H and O–H groups in total. The number of hydrogen-bond acceptors (Lipinski definition) is 2. The van der Waals surface area contributed by atoms with Gasteiger partial charge in [-0.15, -0.1) is 0 Å². The molecule has 2 heterocycles. The average molecular weight is 358 g/mol. The van der Waals surface area contributed by atoms with Gasteiger partial charge in [0.25, 0.3) is 0 Å². The molecule has 4 nitrogen and oxygen atoms in total. The van der Waals surface area contributed by atoms with Gasteiger partial charge >= 0.3 is 0 Å². The van der Waals surface area contributed by atoms with E-state index in [0.717, 1.165) is 35.6 Å². The summed E-state index contributed by atoms with van der Waals surface area (Å²) < 4.78 is 5.03. The highest BCUT2D eigenvalue weighted by atomic mass is 32.1. The van der Waals surface area contributed by atoms with Crippen molar-refractivity contribution in [3.63, 3.8) is 0 Å². The van der Waals surface area contributed by atoms with Crippen molar-refractivity contribution in [1.82, 2.24) is 14.3 Å². The largest absolute Gasteiger partial charge is 0.314 e. The molecule has 1 aromatic carbocycles. The number of aromatic nitrogens is 3. The van der Waals surface area contributed by atoms with Crippen LogP contribution in [0, 0.1) is 10.7 Å². The van der Waals surface area contributed by atoms with Crippen LogP contribution in [0.5, 0.6) is 0 Å². The number of piperidine rings is 1. The van der Waals surface area contributed by atoms with Crippen LogP contribution in [-0.2, 0) is 20.1 Å². The molecule has 25 heavy (non-hydrogen) atoms. The van der Waals surface area contributed by atoms with Gasteiger partial charge in [-0.2, -0.15) is 9.78 Å². The van der Waals surface area contributed by atoms with Crippen LogP contribution in [-0.4, -0.2) is 26.9 Å². The van der Waals surface area contributed by atoms with Crippen LogP contribution >= 0.6 is 12.2 Å². The highest BCUT2D eigenvalue weighted by molar-refractivity contribution is 7.71. The van der Waals surface area contributed by atoms with Gasteiger partial charge in [-0.05, 0) is 49.9 Å². The average Bonchev–Trinajstić information content (AvgIpc) is 2.91. The molecule has 1 aliphatic carbocycles. The first-order valence-corrected chi connectivity index (χ1v) is 10.1. The lowest BCUT2D eigenvalue weighted by Crippen LogP contribution is -3.17. The molecule has 0 radical (unpaired) electrons. The van der Waals surface area contributed by atoms with Gasteiger partial charge in [0, 0.05) is 19.4 Å². The van der Waals surface area contributed by atoms with Crippen molar-refractivity contribution < 1.29 is 4.90 Å². The molecular weight excluding hydrogens is 328 g/mol. The van der Waals surface area contributed by atoms with Crippen molar-refractivity contribution in [3.05, 3.63) is 46.5 Å². The Kier molecular flexibility index (Phi) is 5.04. The lowest BCUT2D eigenvalue weighted by molar-refractivity contribution is -0.958. The molecule has 1 unspecified atom stereocenters. The standard InChI is InChI=1S/C20H28N4S/c1-22-19(14-16-8-3-2-4-9-16)21-24(20(22)25)15-23-13-7-11-17-10-5-6-12-18(17)23/h2-4,8-9,17-18H,5-7,10-15H2,1H3/p+1/t17-,18+/m1/s1. The van der Waals surface area contributed by atoms with Crippen molar-refractivity contribution in [1.29, 1.82) is 0 Å². The van der Waals surface area contributed by atoms with Crippen LogP contribution in [0.1, 0.15) is 49.9 Å². The van der Waals surface area contributed by atoms with Crippen LogP contribution in [0.3, 0.4) is 0 Å². The number of fused-ring (bicyclic) bond motifs is 1. The normalized spacial score (nSPS) is 26.4. The van der Waals surface area contributed by atoms with Gasteiger partial charge < -0.3 is 9.47 Å². The quantitative estimate of drug-likeness (QED) is 0.852. The first kappa shape index (κ1) is 17.0. The first-order chi connectivity index (χ1) is 12.2. The monoisotopic (exact) mass is 357 g/mol. The summed E-state index contributed by atoms with van der Waals surface area (Å²) in [5, 5.41) is 4.89. The van der Waals surface area contributed by atoms with Crippen LogP contribution in [0.15, 0.2) is 30.3 Å². The molecule has 2 aliphatic rings. The lowest BCUT2D eigenvalue weighted by Gasteiger charge is -2.40. The number of likely N-dealkylation sites (tertiary alicyclic amines) is 1. The first-order valence-electron chi connectivity index (χ1n) is 9.73. The topological polar surface area (TPSA) is 27.2 Å². The number of hydrogen-bond donors (Lipinski definition) is 1. The van der Waals surface area contributed by atoms with Gasteiger partial charge in [0.1, 0.15) is 5.82 Å². The van der Waals surface area contributed by atoms with Gasteiger partial charge in [0.2, 0.25) is 4.77 Å². The summed E-state index contributed by atoms with van der Waals surface area (Å²) in [6.07, 6.45) is 9.28. The fourth-order valence-electron chi connectivity index (χ4n) is 4.82. The maximum Gasteiger partial charge on any atom is 0.202 e. The SMILES string of the molecule is Cn1c(Cc2ccccc2)nn(C[NH+]2CCC[C@H]3CCCC[C@@H]32)c1=S. The van der Waals surface area contributed by atoms with E-state index in [1.165, 1.54) is 50.6 Å². The molecule has 1 saturated heterocycles. The summed E-state index contributed by atoms with van der Waals surface area (Å²) in [4.78, 5) is 1.71. The molecule has 0 spiro atoms. The van der Waals surface area contributed by atoms with Crippen molar-refractivity contribution in [2.24, 2.45) is 13.0 Å². The van der Waals surface area contributed by atoms with Gasteiger partial charge in [-0.1, -0.05) is 36.8 Å². The molecule has 1 aromatic heterocycles. The van der Waals surface area contributed by atoms with Crippen molar-refractivity contribution >= 4 is 12.2 Å². The Labute approximate surface area is 155 Å². The van der Waals surface area contributed by atoms with Gasteiger partial charge in [-0.25, -0.2) is 0 Å². The minimum absolute atomic E-state index is 0.823. The van der Waals surface area contributed by atoms with Crippen LogP contribution in [0.4, 0.5) is 0 Å². The van der Waals surface area contributed by atoms with E-state index in [1.54, 1.807) is 4.90 Å². The number of nitrogens with one attached hydrogen (secondary N) is 1. The van der Waals surface area contributed by atoms with Crippen molar-refractivity contribution in [2.45, 2.75) is 57.7 Å². The number of nitrogens with zero attached hydrogens (tertiary/aromatic N) is 3. The maximum absolute atomic E-state index is 5.70. The predicted octanol–water partition coefficient (Wildman–Crippen LogP) is 2.74. The highest BCUT2D eigenvalue weighted by Crippen LogP contribution is 2.28. The molecule has 2 fully saturated rings. The van der Waals surface area contributed by atoms with E-state index in [0.29, 0.717) is 0 Å². The number of quaternary nitrogens is 1. The van der Waals surface area contributed by atoms with E-state index >= 15 is 0 Å².